The van der Waals surface area contributed by atoms with Crippen molar-refractivity contribution in [2.24, 2.45) is 0 Å². The minimum atomic E-state index is -3.72. The Bertz CT molecular complexity index is 1240. The molecule has 0 spiro atoms. The first-order chi connectivity index (χ1) is 14.3. The van der Waals surface area contributed by atoms with E-state index in [2.05, 4.69) is 15.3 Å². The molecular formula is C21H20N4O3S2. The Hall–Kier alpha value is -2.91. The van der Waals surface area contributed by atoms with E-state index in [1.54, 1.807) is 6.07 Å². The summed E-state index contributed by atoms with van der Waals surface area (Å²) < 4.78 is 26.9. The largest absolute Gasteiger partial charge is 0.325 e. The van der Waals surface area contributed by atoms with E-state index in [-0.39, 0.29) is 16.6 Å². The number of carbonyl (C=O) groups is 1. The Balaban J connectivity index is 1.58. The van der Waals surface area contributed by atoms with Crippen LogP contribution in [0.2, 0.25) is 0 Å². The summed E-state index contributed by atoms with van der Waals surface area (Å²) in [6, 6.07) is 13.1. The van der Waals surface area contributed by atoms with Gasteiger partial charge in [-0.3, -0.25) is 9.10 Å². The van der Waals surface area contributed by atoms with Gasteiger partial charge in [-0.1, -0.05) is 41.1 Å². The quantitative estimate of drug-likeness (QED) is 0.492. The third kappa shape index (κ3) is 3.78. The molecule has 1 aromatic heterocycles. The fourth-order valence-electron chi connectivity index (χ4n) is 3.16. The topological polar surface area (TPSA) is 92.3 Å². The number of anilines is 2. The van der Waals surface area contributed by atoms with Gasteiger partial charge in [0.05, 0.1) is 23.3 Å². The van der Waals surface area contributed by atoms with Crippen molar-refractivity contribution in [3.8, 4) is 11.3 Å². The summed E-state index contributed by atoms with van der Waals surface area (Å²) in [7, 11) is -2.20. The minimum absolute atomic E-state index is 0.0663. The molecule has 30 heavy (non-hydrogen) atoms. The van der Waals surface area contributed by atoms with E-state index in [9.17, 15) is 13.2 Å². The molecule has 1 N–H and O–H groups in total. The Morgan fingerprint density at radius 3 is 2.53 bits per heavy atom. The van der Waals surface area contributed by atoms with Crippen LogP contribution in [-0.2, 0) is 14.8 Å². The second-order valence-electron chi connectivity index (χ2n) is 7.06. The van der Waals surface area contributed by atoms with Crippen LogP contribution in [0.15, 0.2) is 58.7 Å². The molecule has 0 atom stereocenters. The number of thioether (sulfide) groups is 1. The second-order valence-corrected chi connectivity index (χ2v) is 9.94. The van der Waals surface area contributed by atoms with Gasteiger partial charge in [0.2, 0.25) is 5.91 Å². The van der Waals surface area contributed by atoms with Gasteiger partial charge in [-0.25, -0.2) is 18.4 Å². The lowest BCUT2D eigenvalue weighted by Gasteiger charge is -2.28. The van der Waals surface area contributed by atoms with Crippen LogP contribution in [-0.4, -0.2) is 37.1 Å². The van der Waals surface area contributed by atoms with Crippen molar-refractivity contribution in [3.63, 3.8) is 0 Å². The van der Waals surface area contributed by atoms with Gasteiger partial charge >= 0.3 is 0 Å². The monoisotopic (exact) mass is 440 g/mol. The normalized spacial score (nSPS) is 14.0. The van der Waals surface area contributed by atoms with Crippen LogP contribution in [0.4, 0.5) is 11.4 Å². The maximum Gasteiger partial charge on any atom is 0.267 e. The van der Waals surface area contributed by atoms with Crippen LogP contribution in [0.1, 0.15) is 11.1 Å². The lowest BCUT2D eigenvalue weighted by molar-refractivity contribution is -0.113. The van der Waals surface area contributed by atoms with E-state index in [0.29, 0.717) is 16.5 Å². The molecule has 0 saturated heterocycles. The van der Waals surface area contributed by atoms with Crippen molar-refractivity contribution in [3.05, 3.63) is 59.8 Å². The second kappa shape index (κ2) is 7.73. The molecule has 0 radical (unpaired) electrons. The summed E-state index contributed by atoms with van der Waals surface area (Å²) in [6.07, 6.45) is 1.32. The number of sulfonamides is 1. The molecule has 9 heteroatoms. The van der Waals surface area contributed by atoms with E-state index in [1.807, 2.05) is 50.2 Å². The van der Waals surface area contributed by atoms with Gasteiger partial charge in [0.1, 0.15) is 4.90 Å². The number of aryl methyl sites for hydroxylation is 2. The summed E-state index contributed by atoms with van der Waals surface area (Å²) in [5.74, 6) is -0.0752. The smallest absolute Gasteiger partial charge is 0.267 e. The first-order valence-electron chi connectivity index (χ1n) is 9.22. The Morgan fingerprint density at radius 2 is 1.80 bits per heavy atom. The van der Waals surface area contributed by atoms with Crippen molar-refractivity contribution in [1.29, 1.82) is 0 Å². The van der Waals surface area contributed by atoms with Crippen molar-refractivity contribution in [2.75, 3.05) is 22.4 Å². The Labute approximate surface area is 179 Å². The van der Waals surface area contributed by atoms with E-state index < -0.39 is 10.0 Å². The lowest BCUT2D eigenvalue weighted by Crippen LogP contribution is -2.31. The van der Waals surface area contributed by atoms with Gasteiger partial charge in [-0.05, 0) is 38.1 Å². The molecule has 0 bridgehead atoms. The number of hydrogen-bond donors (Lipinski definition) is 1. The number of rotatable bonds is 4. The molecule has 0 saturated carbocycles. The molecule has 154 valence electrons. The third-order valence-corrected chi connectivity index (χ3v) is 7.42. The fraction of sp³-hybridized carbons (Fsp3) is 0.190. The van der Waals surface area contributed by atoms with Crippen molar-refractivity contribution in [2.45, 2.75) is 23.9 Å². The van der Waals surface area contributed by atoms with E-state index in [1.165, 1.54) is 17.5 Å². The van der Waals surface area contributed by atoms with Crippen LogP contribution in [0.25, 0.3) is 11.3 Å². The van der Waals surface area contributed by atoms with Gasteiger partial charge in [-0.15, -0.1) is 0 Å². The number of fused-ring (bicyclic) bond motifs is 3. The lowest BCUT2D eigenvalue weighted by atomic mass is 10.1. The molecule has 2 heterocycles. The zero-order chi connectivity index (χ0) is 21.5. The van der Waals surface area contributed by atoms with Gasteiger partial charge in [-0.2, -0.15) is 0 Å². The molecule has 3 aromatic rings. The molecule has 0 fully saturated rings. The van der Waals surface area contributed by atoms with E-state index >= 15 is 0 Å². The number of amides is 1. The summed E-state index contributed by atoms with van der Waals surface area (Å²) in [5.41, 5.74) is 4.49. The van der Waals surface area contributed by atoms with Crippen LogP contribution < -0.4 is 9.62 Å². The highest BCUT2D eigenvalue weighted by Crippen LogP contribution is 2.41. The SMILES string of the molecule is Cc1ccc(NC(=O)CSc2ncc3c(n2)-c2cc(C)ccc2N(C)S3(=O)=O)cc1. The van der Waals surface area contributed by atoms with E-state index in [4.69, 9.17) is 0 Å². The van der Waals surface area contributed by atoms with Crippen LogP contribution in [0.5, 0.6) is 0 Å². The zero-order valence-corrected chi connectivity index (χ0v) is 18.3. The molecule has 4 rings (SSSR count). The maximum absolute atomic E-state index is 12.8. The number of hydrogen-bond acceptors (Lipinski definition) is 6. The number of nitrogens with one attached hydrogen (secondary N) is 1. The summed E-state index contributed by atoms with van der Waals surface area (Å²) in [6.45, 7) is 3.92. The first-order valence-corrected chi connectivity index (χ1v) is 11.6. The number of aromatic nitrogens is 2. The predicted molar refractivity (Wildman–Crippen MR) is 118 cm³/mol. The third-order valence-electron chi connectivity index (χ3n) is 4.79. The molecule has 1 aliphatic rings. The Morgan fingerprint density at radius 1 is 1.10 bits per heavy atom. The van der Waals surface area contributed by atoms with Crippen LogP contribution in [0.3, 0.4) is 0 Å². The predicted octanol–water partition coefficient (Wildman–Crippen LogP) is 3.63. The molecule has 0 unspecified atom stereocenters. The van der Waals surface area contributed by atoms with Crippen molar-refractivity contribution in [1.82, 2.24) is 9.97 Å². The zero-order valence-electron chi connectivity index (χ0n) is 16.7. The molecular weight excluding hydrogens is 420 g/mol. The van der Waals surface area contributed by atoms with Gasteiger partial charge < -0.3 is 5.32 Å². The molecule has 1 amide bonds. The summed E-state index contributed by atoms with van der Waals surface area (Å²) in [4.78, 5) is 21.0. The van der Waals surface area contributed by atoms with E-state index in [0.717, 1.165) is 34.1 Å². The van der Waals surface area contributed by atoms with Crippen molar-refractivity contribution >= 4 is 39.1 Å². The number of benzene rings is 2. The van der Waals surface area contributed by atoms with Gasteiger partial charge in [0.15, 0.2) is 5.16 Å². The highest BCUT2D eigenvalue weighted by atomic mass is 32.2. The fourth-order valence-corrected chi connectivity index (χ4v) is 5.08. The summed E-state index contributed by atoms with van der Waals surface area (Å²) in [5, 5.41) is 3.17. The number of carbonyl (C=O) groups excluding carboxylic acids is 1. The average Bonchev–Trinajstić information content (AvgIpc) is 2.72. The standard InChI is InChI=1S/C21H20N4O3S2/c1-13-4-7-15(8-5-13)23-19(26)12-29-21-22-11-18-20(24-21)16-10-14(2)6-9-17(16)25(3)30(18,27)28/h4-11H,12H2,1-3H3,(H,23,26). The molecule has 1 aliphatic heterocycles. The summed E-state index contributed by atoms with van der Waals surface area (Å²) >= 11 is 1.16. The highest BCUT2D eigenvalue weighted by molar-refractivity contribution is 7.99. The minimum Gasteiger partial charge on any atom is -0.325 e. The molecule has 2 aromatic carbocycles. The average molecular weight is 441 g/mol. The maximum atomic E-state index is 12.8. The molecule has 7 nitrogen and oxygen atoms in total. The first kappa shape index (κ1) is 20.4. The van der Waals surface area contributed by atoms with Gasteiger partial charge in [0, 0.05) is 18.3 Å². The Kier molecular flexibility index (Phi) is 5.25. The number of nitrogens with zero attached hydrogens (tertiary/aromatic N) is 3. The van der Waals surface area contributed by atoms with Crippen LogP contribution >= 0.6 is 11.8 Å². The highest BCUT2D eigenvalue weighted by Gasteiger charge is 2.34. The van der Waals surface area contributed by atoms with Gasteiger partial charge in [0.25, 0.3) is 10.0 Å². The molecule has 0 aliphatic carbocycles. The van der Waals surface area contributed by atoms with Crippen molar-refractivity contribution < 1.29 is 13.2 Å². The van der Waals surface area contributed by atoms with Crippen LogP contribution in [0, 0.1) is 13.8 Å².